The molecule has 9 rings (SSSR count). The first kappa shape index (κ1) is 23.2. The topological polar surface area (TPSA) is 3.88 Å². The van der Waals surface area contributed by atoms with Crippen LogP contribution in [0, 0.1) is 0 Å². The van der Waals surface area contributed by atoms with E-state index in [0.717, 1.165) is 5.69 Å². The molecule has 42 heavy (non-hydrogen) atoms. The van der Waals surface area contributed by atoms with E-state index >= 15 is 0 Å². The third-order valence-corrected chi connectivity index (χ3v) is 8.82. The Morgan fingerprint density at radius 1 is 0.262 bits per heavy atom. The molecule has 1 nitrogen and oxygen atoms in total. The zero-order chi connectivity index (χ0) is 27.6. The van der Waals surface area contributed by atoms with E-state index in [1.807, 2.05) is 0 Å². The summed E-state index contributed by atoms with van der Waals surface area (Å²) in [7, 11) is 0. The van der Waals surface area contributed by atoms with Gasteiger partial charge in [0.1, 0.15) is 0 Å². The highest BCUT2D eigenvalue weighted by Crippen LogP contribution is 2.49. The van der Waals surface area contributed by atoms with Crippen molar-refractivity contribution in [3.8, 4) is 28.2 Å². The SMILES string of the molecule is c1ccc(-c2c3c4ccccc4c4cccc5c6ccccc6c(c(-c6ccccc6)[n+]2-c2ccccc2)c3c45)cc1. The van der Waals surface area contributed by atoms with Crippen LogP contribution in [-0.2, 0) is 0 Å². The molecule has 0 aliphatic heterocycles. The van der Waals surface area contributed by atoms with E-state index in [1.165, 1.54) is 76.4 Å². The fourth-order valence-corrected chi connectivity index (χ4v) is 7.19. The summed E-state index contributed by atoms with van der Waals surface area (Å²) in [6.45, 7) is 0. The van der Waals surface area contributed by atoms with Gasteiger partial charge in [-0.2, -0.15) is 4.57 Å². The van der Waals surface area contributed by atoms with Crippen LogP contribution in [0.5, 0.6) is 0 Å². The molecular formula is C41H26N+. The number of benzene rings is 8. The smallest absolute Gasteiger partial charge is 0.152 e. The molecule has 8 aromatic carbocycles. The van der Waals surface area contributed by atoms with Gasteiger partial charge < -0.3 is 0 Å². The van der Waals surface area contributed by atoms with Crippen LogP contribution in [0.4, 0.5) is 0 Å². The highest BCUT2D eigenvalue weighted by molar-refractivity contribution is 6.42. The molecule has 0 atom stereocenters. The Morgan fingerprint density at radius 2 is 0.619 bits per heavy atom. The second-order valence-electron chi connectivity index (χ2n) is 11.0. The first-order chi connectivity index (χ1) is 20.9. The zero-order valence-electron chi connectivity index (χ0n) is 23.0. The summed E-state index contributed by atoms with van der Waals surface area (Å²) < 4.78 is 2.52. The fourth-order valence-electron chi connectivity index (χ4n) is 7.19. The predicted molar refractivity (Wildman–Crippen MR) is 178 cm³/mol. The van der Waals surface area contributed by atoms with E-state index < -0.39 is 0 Å². The second-order valence-corrected chi connectivity index (χ2v) is 11.0. The molecule has 9 aromatic rings. The third-order valence-electron chi connectivity index (χ3n) is 8.82. The van der Waals surface area contributed by atoms with Crippen molar-refractivity contribution in [3.63, 3.8) is 0 Å². The van der Waals surface area contributed by atoms with Crippen LogP contribution in [0.25, 0.3) is 82.1 Å². The predicted octanol–water partition coefficient (Wildman–Crippen LogP) is 10.5. The normalized spacial score (nSPS) is 11.8. The molecular weight excluding hydrogens is 506 g/mol. The van der Waals surface area contributed by atoms with Crippen LogP contribution in [0.2, 0.25) is 0 Å². The van der Waals surface area contributed by atoms with Crippen LogP contribution < -0.4 is 4.57 Å². The molecule has 194 valence electrons. The number of aromatic nitrogens is 1. The number of hydrogen-bond donors (Lipinski definition) is 0. The Labute approximate surface area is 243 Å². The van der Waals surface area contributed by atoms with Crippen LogP contribution in [0.3, 0.4) is 0 Å². The Bertz CT molecular complexity index is 2280. The van der Waals surface area contributed by atoms with Gasteiger partial charge in [-0.25, -0.2) is 0 Å². The van der Waals surface area contributed by atoms with Gasteiger partial charge in [0.2, 0.25) is 17.1 Å². The molecule has 0 unspecified atom stereocenters. The van der Waals surface area contributed by atoms with E-state index in [9.17, 15) is 0 Å². The quantitative estimate of drug-likeness (QED) is 0.121. The number of para-hydroxylation sites is 1. The maximum absolute atomic E-state index is 2.52. The highest BCUT2D eigenvalue weighted by atomic mass is 15.0. The zero-order valence-corrected chi connectivity index (χ0v) is 23.0. The highest BCUT2D eigenvalue weighted by Gasteiger charge is 2.33. The first-order valence-corrected chi connectivity index (χ1v) is 14.6. The molecule has 0 amide bonds. The van der Waals surface area contributed by atoms with Crippen molar-refractivity contribution in [1.82, 2.24) is 0 Å². The molecule has 1 heterocycles. The number of nitrogens with zero attached hydrogens (tertiary/aromatic N) is 1. The number of rotatable bonds is 3. The van der Waals surface area contributed by atoms with Gasteiger partial charge in [0, 0.05) is 28.6 Å². The largest absolute Gasteiger partial charge is 0.227 e. The maximum Gasteiger partial charge on any atom is 0.227 e. The van der Waals surface area contributed by atoms with E-state index in [1.54, 1.807) is 0 Å². The van der Waals surface area contributed by atoms with E-state index in [0.29, 0.717) is 0 Å². The summed E-state index contributed by atoms with van der Waals surface area (Å²) in [6.07, 6.45) is 0. The van der Waals surface area contributed by atoms with E-state index in [2.05, 4.69) is 162 Å². The van der Waals surface area contributed by atoms with Gasteiger partial charge in [0.05, 0.1) is 10.8 Å². The Kier molecular flexibility index (Phi) is 4.97. The third kappa shape index (κ3) is 3.16. The van der Waals surface area contributed by atoms with Crippen LogP contribution in [-0.4, -0.2) is 0 Å². The molecule has 0 saturated carbocycles. The van der Waals surface area contributed by atoms with E-state index in [-0.39, 0.29) is 0 Å². The van der Waals surface area contributed by atoms with Crippen LogP contribution in [0.15, 0.2) is 158 Å². The van der Waals surface area contributed by atoms with Crippen molar-refractivity contribution >= 4 is 53.9 Å². The Balaban J connectivity index is 1.73. The van der Waals surface area contributed by atoms with Crippen molar-refractivity contribution < 1.29 is 4.57 Å². The second kappa shape index (κ2) is 8.99. The molecule has 0 N–H and O–H groups in total. The molecule has 0 spiro atoms. The molecule has 0 aliphatic carbocycles. The lowest BCUT2D eigenvalue weighted by molar-refractivity contribution is -0.569. The van der Waals surface area contributed by atoms with Gasteiger partial charge in [-0.15, -0.1) is 0 Å². The van der Waals surface area contributed by atoms with Gasteiger partial charge in [0.25, 0.3) is 0 Å². The standard InChI is InChI=1S/C41H26N/c1-4-15-27(16-5-1)40-37-34-23-12-10-21-30(34)32-25-14-26-33-31-22-11-13-24-35(31)38(39(37)36(32)33)41(28-17-6-2-7-18-28)42(40)29-19-8-3-9-20-29/h1-26H/q+1. The van der Waals surface area contributed by atoms with Gasteiger partial charge in [-0.05, 0) is 62.0 Å². The Morgan fingerprint density at radius 3 is 1.10 bits per heavy atom. The first-order valence-electron chi connectivity index (χ1n) is 14.6. The minimum Gasteiger partial charge on any atom is -0.152 e. The lowest BCUT2D eigenvalue weighted by Crippen LogP contribution is -2.37. The number of hydrogen-bond acceptors (Lipinski definition) is 0. The Hall–Kier alpha value is -5.53. The average molecular weight is 533 g/mol. The summed E-state index contributed by atoms with van der Waals surface area (Å²) in [5, 5.41) is 13.0. The molecule has 1 aromatic heterocycles. The maximum atomic E-state index is 2.52. The summed E-state index contributed by atoms with van der Waals surface area (Å²) in [5.41, 5.74) is 5.98. The van der Waals surface area contributed by atoms with Crippen LogP contribution >= 0.6 is 0 Å². The molecule has 0 bridgehead atoms. The van der Waals surface area contributed by atoms with Gasteiger partial charge in [-0.1, -0.05) is 121 Å². The van der Waals surface area contributed by atoms with Crippen molar-refractivity contribution in [2.45, 2.75) is 0 Å². The summed E-state index contributed by atoms with van der Waals surface area (Å²) >= 11 is 0. The number of pyridine rings is 1. The van der Waals surface area contributed by atoms with Gasteiger partial charge >= 0.3 is 0 Å². The monoisotopic (exact) mass is 532 g/mol. The van der Waals surface area contributed by atoms with Crippen molar-refractivity contribution in [2.75, 3.05) is 0 Å². The fraction of sp³-hybridized carbons (Fsp3) is 0. The molecule has 0 radical (unpaired) electrons. The molecule has 1 heteroatoms. The summed E-state index contributed by atoms with van der Waals surface area (Å²) in [4.78, 5) is 0. The van der Waals surface area contributed by atoms with E-state index in [4.69, 9.17) is 0 Å². The van der Waals surface area contributed by atoms with Crippen LogP contribution in [0.1, 0.15) is 0 Å². The minimum absolute atomic E-state index is 1.15. The average Bonchev–Trinajstić information content (AvgIpc) is 3.08. The van der Waals surface area contributed by atoms with Crippen molar-refractivity contribution in [3.05, 3.63) is 158 Å². The summed E-state index contributed by atoms with van der Waals surface area (Å²) in [5.74, 6) is 0. The molecule has 0 saturated heterocycles. The summed E-state index contributed by atoms with van der Waals surface area (Å²) in [6, 6.07) is 57.5. The lowest BCUT2D eigenvalue weighted by Gasteiger charge is -2.21. The molecule has 0 aliphatic rings. The van der Waals surface area contributed by atoms with Crippen molar-refractivity contribution in [2.24, 2.45) is 0 Å². The molecule has 0 fully saturated rings. The van der Waals surface area contributed by atoms with Crippen molar-refractivity contribution in [1.29, 1.82) is 0 Å². The van der Waals surface area contributed by atoms with Gasteiger partial charge in [0.15, 0.2) is 0 Å². The van der Waals surface area contributed by atoms with Gasteiger partial charge in [-0.3, -0.25) is 0 Å². The lowest BCUT2D eigenvalue weighted by atomic mass is 9.83. The minimum atomic E-state index is 1.15. The number of fused-ring (bicyclic) bond motifs is 6.